The number of aryl methyl sites for hydroxylation is 1. The maximum atomic E-state index is 13.4. The van der Waals surface area contributed by atoms with E-state index in [2.05, 4.69) is 15.0 Å². The van der Waals surface area contributed by atoms with E-state index in [1.54, 1.807) is 24.0 Å². The molecule has 0 unspecified atom stereocenters. The third-order valence-electron chi connectivity index (χ3n) is 5.33. The van der Waals surface area contributed by atoms with E-state index in [1.807, 2.05) is 42.0 Å². The fraction of sp³-hybridized carbons (Fsp3) is 0.200. The number of benzene rings is 2. The summed E-state index contributed by atoms with van der Waals surface area (Å²) >= 11 is 2.72. The molecule has 2 aromatic heterocycles. The zero-order valence-electron chi connectivity index (χ0n) is 18.7. The number of aromatic nitrogens is 3. The Bertz CT molecular complexity index is 1340. The van der Waals surface area contributed by atoms with Crippen molar-refractivity contribution in [3.8, 4) is 11.3 Å². The molecule has 0 radical (unpaired) electrons. The van der Waals surface area contributed by atoms with Crippen molar-refractivity contribution in [1.82, 2.24) is 15.0 Å². The van der Waals surface area contributed by atoms with Gasteiger partial charge in [-0.3, -0.25) is 14.5 Å². The molecule has 0 aliphatic rings. The highest BCUT2D eigenvalue weighted by molar-refractivity contribution is 7.98. The molecule has 0 aliphatic heterocycles. The van der Waals surface area contributed by atoms with Gasteiger partial charge in [0.25, 0.3) is 5.56 Å². The van der Waals surface area contributed by atoms with Crippen molar-refractivity contribution in [3.05, 3.63) is 93.0 Å². The molecular formula is C25H23FN4O2S2. The predicted molar refractivity (Wildman–Crippen MR) is 135 cm³/mol. The van der Waals surface area contributed by atoms with Crippen LogP contribution in [0.15, 0.2) is 69.9 Å². The van der Waals surface area contributed by atoms with Gasteiger partial charge >= 0.3 is 0 Å². The van der Waals surface area contributed by atoms with Crippen molar-refractivity contribution in [3.63, 3.8) is 0 Å². The number of carbonyl (C=O) groups excluding carboxylic acids is 1. The molecule has 4 aromatic rings. The summed E-state index contributed by atoms with van der Waals surface area (Å²) in [6, 6.07) is 15.8. The van der Waals surface area contributed by atoms with E-state index >= 15 is 0 Å². The number of nitrogens with one attached hydrogen (secondary N) is 1. The van der Waals surface area contributed by atoms with Crippen LogP contribution in [0.2, 0.25) is 0 Å². The Morgan fingerprint density at radius 3 is 2.53 bits per heavy atom. The number of aromatic amines is 1. The largest absolute Gasteiger partial charge is 0.301 e. The lowest BCUT2D eigenvalue weighted by atomic mass is 10.1. The zero-order valence-corrected chi connectivity index (χ0v) is 20.4. The van der Waals surface area contributed by atoms with Crippen molar-refractivity contribution in [2.45, 2.75) is 31.5 Å². The fourth-order valence-corrected chi connectivity index (χ4v) is 4.79. The van der Waals surface area contributed by atoms with Crippen molar-refractivity contribution in [2.75, 3.05) is 11.2 Å². The lowest BCUT2D eigenvalue weighted by Gasteiger charge is -2.20. The van der Waals surface area contributed by atoms with E-state index in [4.69, 9.17) is 0 Å². The molecule has 2 aromatic carbocycles. The number of thioether (sulfide) groups is 1. The Kier molecular flexibility index (Phi) is 7.54. The molecule has 0 spiro atoms. The molecule has 1 amide bonds. The summed E-state index contributed by atoms with van der Waals surface area (Å²) < 4.78 is 13.3. The predicted octanol–water partition coefficient (Wildman–Crippen LogP) is 5.23. The van der Waals surface area contributed by atoms with Crippen molar-refractivity contribution in [2.24, 2.45) is 0 Å². The van der Waals surface area contributed by atoms with E-state index in [0.717, 1.165) is 11.1 Å². The maximum absolute atomic E-state index is 13.4. The van der Waals surface area contributed by atoms with Crippen molar-refractivity contribution >= 4 is 34.1 Å². The Labute approximate surface area is 204 Å². The van der Waals surface area contributed by atoms with Gasteiger partial charge in [0.15, 0.2) is 10.3 Å². The number of carbonyl (C=O) groups is 1. The van der Waals surface area contributed by atoms with E-state index < -0.39 is 0 Å². The summed E-state index contributed by atoms with van der Waals surface area (Å²) in [6.45, 7) is 2.14. The SMILES string of the molecule is CSc1nc(C)c(CCC(=O)N(Cc2ccccc2)c2nc(-c3ccc(F)cc3)cs2)c(=O)[nH]1. The summed E-state index contributed by atoms with van der Waals surface area (Å²) in [5.41, 5.74) is 3.34. The Hall–Kier alpha value is -3.30. The van der Waals surface area contributed by atoms with Crippen LogP contribution in [-0.4, -0.2) is 27.1 Å². The highest BCUT2D eigenvalue weighted by Gasteiger charge is 2.21. The third-order valence-corrected chi connectivity index (χ3v) is 6.77. The van der Waals surface area contributed by atoms with Crippen LogP contribution < -0.4 is 10.5 Å². The minimum atomic E-state index is -0.314. The number of thiazole rings is 1. The first-order valence-corrected chi connectivity index (χ1v) is 12.7. The molecule has 0 atom stereocenters. The van der Waals surface area contributed by atoms with Crippen molar-refractivity contribution in [1.29, 1.82) is 0 Å². The zero-order chi connectivity index (χ0) is 24.1. The van der Waals surface area contributed by atoms with Crippen LogP contribution >= 0.6 is 23.1 Å². The summed E-state index contributed by atoms with van der Waals surface area (Å²) in [6.07, 6.45) is 2.27. The summed E-state index contributed by atoms with van der Waals surface area (Å²) in [5, 5.41) is 2.96. The minimum absolute atomic E-state index is 0.141. The van der Waals surface area contributed by atoms with Gasteiger partial charge < -0.3 is 4.98 Å². The van der Waals surface area contributed by atoms with Crippen LogP contribution in [0.25, 0.3) is 11.3 Å². The van der Waals surface area contributed by atoms with E-state index in [1.165, 1.54) is 35.2 Å². The van der Waals surface area contributed by atoms with Crippen LogP contribution in [0, 0.1) is 12.7 Å². The number of rotatable bonds is 8. The first kappa shape index (κ1) is 23.8. The van der Waals surface area contributed by atoms with Crippen LogP contribution in [0.1, 0.15) is 23.2 Å². The van der Waals surface area contributed by atoms with Crippen LogP contribution in [0.3, 0.4) is 0 Å². The van der Waals surface area contributed by atoms with Gasteiger partial charge in [0.05, 0.1) is 12.2 Å². The van der Waals surface area contributed by atoms with Gasteiger partial charge in [-0.05, 0) is 49.4 Å². The van der Waals surface area contributed by atoms with Gasteiger partial charge in [-0.25, -0.2) is 14.4 Å². The smallest absolute Gasteiger partial charge is 0.254 e. The molecule has 4 rings (SSSR count). The average molecular weight is 495 g/mol. The number of halogens is 1. The Balaban J connectivity index is 1.58. The van der Waals surface area contributed by atoms with E-state index in [-0.39, 0.29) is 30.1 Å². The van der Waals surface area contributed by atoms with Gasteiger partial charge in [-0.15, -0.1) is 11.3 Å². The molecule has 0 bridgehead atoms. The molecule has 174 valence electrons. The fourth-order valence-electron chi connectivity index (χ4n) is 3.51. The Morgan fingerprint density at radius 1 is 1.12 bits per heavy atom. The normalized spacial score (nSPS) is 10.9. The molecule has 9 heteroatoms. The topological polar surface area (TPSA) is 79.0 Å². The Morgan fingerprint density at radius 2 is 1.85 bits per heavy atom. The van der Waals surface area contributed by atoms with E-state index in [0.29, 0.717) is 33.8 Å². The van der Waals surface area contributed by atoms with Crippen LogP contribution in [0.4, 0.5) is 9.52 Å². The molecule has 0 aliphatic carbocycles. The molecule has 1 N–H and O–H groups in total. The summed E-state index contributed by atoms with van der Waals surface area (Å²) in [7, 11) is 0. The molecule has 34 heavy (non-hydrogen) atoms. The number of amides is 1. The second-order valence-corrected chi connectivity index (χ2v) is 9.26. The number of anilines is 1. The first-order chi connectivity index (χ1) is 16.4. The van der Waals surface area contributed by atoms with Gasteiger partial charge in [-0.1, -0.05) is 42.1 Å². The second kappa shape index (κ2) is 10.8. The van der Waals surface area contributed by atoms with Crippen LogP contribution in [-0.2, 0) is 17.8 Å². The highest BCUT2D eigenvalue weighted by atomic mass is 32.2. The second-order valence-electron chi connectivity index (χ2n) is 7.63. The first-order valence-electron chi connectivity index (χ1n) is 10.6. The van der Waals surface area contributed by atoms with Gasteiger partial charge in [0.2, 0.25) is 5.91 Å². The average Bonchev–Trinajstić information content (AvgIpc) is 3.32. The van der Waals surface area contributed by atoms with Crippen molar-refractivity contribution < 1.29 is 9.18 Å². The maximum Gasteiger partial charge on any atom is 0.254 e. The molecule has 2 heterocycles. The number of H-pyrrole nitrogens is 1. The number of hydrogen-bond donors (Lipinski definition) is 1. The minimum Gasteiger partial charge on any atom is -0.301 e. The molecule has 6 nitrogen and oxygen atoms in total. The monoisotopic (exact) mass is 494 g/mol. The standard InChI is InChI=1S/C25H23FN4O2S2/c1-16-20(23(32)29-24(27-16)33-2)12-13-22(31)30(14-17-6-4-3-5-7-17)25-28-21(15-34-25)18-8-10-19(26)11-9-18/h3-11,15H,12-14H2,1-2H3,(H,27,29,32). The molecule has 0 saturated heterocycles. The van der Waals surface area contributed by atoms with Gasteiger partial charge in [0, 0.05) is 28.6 Å². The van der Waals surface area contributed by atoms with E-state index in [9.17, 15) is 14.0 Å². The van der Waals surface area contributed by atoms with Gasteiger partial charge in [-0.2, -0.15) is 0 Å². The third kappa shape index (κ3) is 5.60. The molecule has 0 saturated carbocycles. The number of hydrogen-bond acceptors (Lipinski definition) is 6. The molecule has 0 fully saturated rings. The number of nitrogens with zero attached hydrogens (tertiary/aromatic N) is 3. The highest BCUT2D eigenvalue weighted by Crippen LogP contribution is 2.29. The summed E-state index contributed by atoms with van der Waals surface area (Å²) in [5.74, 6) is -0.456. The van der Waals surface area contributed by atoms with Gasteiger partial charge in [0.1, 0.15) is 5.82 Å². The molecular weight excluding hydrogens is 471 g/mol. The summed E-state index contributed by atoms with van der Waals surface area (Å²) in [4.78, 5) is 39.3. The quantitative estimate of drug-likeness (QED) is 0.268. The van der Waals surface area contributed by atoms with Crippen LogP contribution in [0.5, 0.6) is 0 Å². The lowest BCUT2D eigenvalue weighted by Crippen LogP contribution is -2.31. The lowest BCUT2D eigenvalue weighted by molar-refractivity contribution is -0.118.